The van der Waals surface area contributed by atoms with Gasteiger partial charge in [-0.2, -0.15) is 10.3 Å². The topological polar surface area (TPSA) is 144 Å². The summed E-state index contributed by atoms with van der Waals surface area (Å²) in [6, 6.07) is 18.0. The number of nitrogens with zero attached hydrogens (tertiary/aromatic N) is 5. The molecule has 5 rings (SSSR count). The number of aromatic nitrogens is 6. The average Bonchev–Trinajstić information content (AvgIpc) is 3.42. The van der Waals surface area contributed by atoms with Gasteiger partial charge in [0.25, 0.3) is 17.4 Å². The van der Waals surface area contributed by atoms with E-state index in [9.17, 15) is 9.59 Å². The third kappa shape index (κ3) is 6.95. The van der Waals surface area contributed by atoms with Gasteiger partial charge in [-0.15, -0.1) is 42.3 Å². The fourth-order valence-corrected chi connectivity index (χ4v) is 5.07. The third-order valence-corrected chi connectivity index (χ3v) is 7.14. The minimum atomic E-state index is -0.377. The second-order valence-corrected chi connectivity index (χ2v) is 9.43. The predicted octanol–water partition coefficient (Wildman–Crippen LogP) is 4.61. The smallest absolute Gasteiger partial charge is 0.270 e. The van der Waals surface area contributed by atoms with Crippen molar-refractivity contribution in [2.24, 2.45) is 5.73 Å². The highest BCUT2D eigenvalue weighted by Crippen LogP contribution is 2.42. The van der Waals surface area contributed by atoms with Gasteiger partial charge in [-0.25, -0.2) is 4.68 Å². The molecule has 4 aromatic rings. The number of nitrogens with one attached hydrogen (secondary N) is 2. The van der Waals surface area contributed by atoms with E-state index in [1.807, 2.05) is 24.3 Å². The molecule has 0 radical (unpaired) electrons. The first kappa shape index (κ1) is 32.2. The molecule has 4 N–H and O–H groups in total. The van der Waals surface area contributed by atoms with Crippen molar-refractivity contribution in [3.8, 4) is 11.3 Å². The van der Waals surface area contributed by atoms with E-state index >= 15 is 0 Å². The van der Waals surface area contributed by atoms with E-state index in [1.54, 1.807) is 28.9 Å². The summed E-state index contributed by atoms with van der Waals surface area (Å²) in [5, 5.41) is 21.1. The summed E-state index contributed by atoms with van der Waals surface area (Å²) in [4.78, 5) is 25.3. The van der Waals surface area contributed by atoms with Gasteiger partial charge >= 0.3 is 0 Å². The second kappa shape index (κ2) is 13.9. The van der Waals surface area contributed by atoms with Crippen LogP contribution in [0.25, 0.3) is 11.3 Å². The van der Waals surface area contributed by atoms with Gasteiger partial charge in [0.15, 0.2) is 0 Å². The van der Waals surface area contributed by atoms with E-state index in [1.165, 1.54) is 6.07 Å². The Hall–Kier alpha value is -3.02. The minimum absolute atomic E-state index is 0. The van der Waals surface area contributed by atoms with Crippen molar-refractivity contribution in [1.82, 2.24) is 30.4 Å². The summed E-state index contributed by atoms with van der Waals surface area (Å²) >= 11 is 6.24. The molecule has 1 amide bonds. The van der Waals surface area contributed by atoms with Crippen molar-refractivity contribution < 1.29 is 4.79 Å². The van der Waals surface area contributed by atoms with Crippen molar-refractivity contribution >= 4 is 60.7 Å². The number of rotatable bonds is 6. The highest BCUT2D eigenvalue weighted by atomic mass is 35.5. The van der Waals surface area contributed by atoms with Crippen LogP contribution in [0.2, 0.25) is 5.02 Å². The monoisotopic (exact) mass is 612 g/mol. The van der Waals surface area contributed by atoms with E-state index in [0.717, 1.165) is 36.8 Å². The number of tetrazole rings is 1. The van der Waals surface area contributed by atoms with E-state index in [0.29, 0.717) is 22.8 Å². The Labute approximate surface area is 248 Å². The molecule has 0 bridgehead atoms. The number of hydrogen-bond donors (Lipinski definition) is 3. The largest absolute Gasteiger partial charge is 0.330 e. The first-order chi connectivity index (χ1) is 17.5. The molecule has 1 aliphatic rings. The molecule has 1 aliphatic carbocycles. The molecule has 10 nitrogen and oxygen atoms in total. The van der Waals surface area contributed by atoms with Crippen molar-refractivity contribution in [2.75, 3.05) is 11.9 Å². The van der Waals surface area contributed by atoms with E-state index in [4.69, 9.17) is 17.3 Å². The van der Waals surface area contributed by atoms with Crippen LogP contribution >= 0.6 is 48.8 Å². The molecule has 39 heavy (non-hydrogen) atoms. The van der Waals surface area contributed by atoms with Crippen LogP contribution in [0.4, 0.5) is 5.95 Å². The van der Waals surface area contributed by atoms with Crippen molar-refractivity contribution in [1.29, 1.82) is 0 Å². The number of carbonyl (C=O) groups excluding carboxylic acids is 1. The number of aromatic amines is 1. The molecule has 0 unspecified atom stereocenters. The zero-order valence-electron chi connectivity index (χ0n) is 20.6. The molecule has 14 heteroatoms. The summed E-state index contributed by atoms with van der Waals surface area (Å²) in [6.07, 6.45) is 3.21. The second-order valence-electron chi connectivity index (χ2n) is 9.00. The summed E-state index contributed by atoms with van der Waals surface area (Å²) in [5.41, 5.74) is 8.79. The zero-order valence-corrected chi connectivity index (χ0v) is 23.8. The summed E-state index contributed by atoms with van der Waals surface area (Å²) in [6.45, 7) is 0.515. The Morgan fingerprint density at radius 1 is 1.08 bits per heavy atom. The maximum atomic E-state index is 12.8. The van der Waals surface area contributed by atoms with Gasteiger partial charge in [0, 0.05) is 34.2 Å². The first-order valence-electron chi connectivity index (χ1n) is 11.7. The Balaban J connectivity index is 0.00000178. The number of carbonyl (C=O) groups is 1. The number of halogens is 4. The van der Waals surface area contributed by atoms with Gasteiger partial charge in [0.05, 0.1) is 11.7 Å². The molecule has 2 aromatic carbocycles. The van der Waals surface area contributed by atoms with Crippen molar-refractivity contribution in [2.45, 2.75) is 37.1 Å². The molecular formula is C25H28Cl4N8O2. The summed E-state index contributed by atoms with van der Waals surface area (Å²) in [7, 11) is 0. The fourth-order valence-electron chi connectivity index (χ4n) is 4.88. The minimum Gasteiger partial charge on any atom is -0.330 e. The predicted molar refractivity (Wildman–Crippen MR) is 157 cm³/mol. The number of amides is 1. The standard InChI is InChI=1S/C25H25ClN8O2.3ClH/c26-19-6-2-5-18(14-19)25(15-27)11-9-20(10-12-25)34-22(35)8-7-21(31-34)16-3-1-4-17(13-16)23(36)28-24-29-32-33-30-24;;;/h1-8,13-14,20H,9-12,15,27H2,(H2,28,29,30,32,33,36);3*1H. The highest BCUT2D eigenvalue weighted by molar-refractivity contribution is 6.30. The zero-order chi connectivity index (χ0) is 25.1. The summed E-state index contributed by atoms with van der Waals surface area (Å²) < 4.78 is 1.57. The summed E-state index contributed by atoms with van der Waals surface area (Å²) in [5.74, 6) is -0.293. The molecule has 0 spiro atoms. The number of anilines is 1. The van der Waals surface area contributed by atoms with Gasteiger partial charge < -0.3 is 5.73 Å². The van der Waals surface area contributed by atoms with Gasteiger partial charge in [-0.05, 0) is 66.8 Å². The molecule has 0 aliphatic heterocycles. The van der Waals surface area contributed by atoms with E-state index in [-0.39, 0.29) is 66.1 Å². The molecule has 2 aromatic heterocycles. The average molecular weight is 614 g/mol. The molecule has 208 valence electrons. The van der Waals surface area contributed by atoms with Crippen LogP contribution in [0, 0.1) is 0 Å². The lowest BCUT2D eigenvalue weighted by molar-refractivity contribution is 0.102. The lowest BCUT2D eigenvalue weighted by Gasteiger charge is -2.40. The SMILES string of the molecule is Cl.Cl.Cl.NCC1(c2cccc(Cl)c2)CCC(n2nc(-c3cccc(C(=O)Nc4nn[nH]n4)c3)ccc2=O)CC1. The van der Waals surface area contributed by atoms with Gasteiger partial charge in [0.1, 0.15) is 0 Å². The maximum absolute atomic E-state index is 12.8. The van der Waals surface area contributed by atoms with Gasteiger partial charge in [-0.1, -0.05) is 41.0 Å². The Morgan fingerprint density at radius 2 is 1.82 bits per heavy atom. The van der Waals surface area contributed by atoms with Crippen LogP contribution in [0.3, 0.4) is 0 Å². The van der Waals surface area contributed by atoms with E-state index < -0.39 is 0 Å². The highest BCUT2D eigenvalue weighted by Gasteiger charge is 2.37. The third-order valence-electron chi connectivity index (χ3n) is 6.90. The number of nitrogens with two attached hydrogens (primary N) is 1. The van der Waals surface area contributed by atoms with Gasteiger partial charge in [0.2, 0.25) is 0 Å². The molecule has 2 heterocycles. The Kier molecular flexibility index (Phi) is 11.4. The normalized spacial score (nSPS) is 18.2. The molecular weight excluding hydrogens is 586 g/mol. The number of hydrogen-bond acceptors (Lipinski definition) is 7. The van der Waals surface area contributed by atoms with Crippen LogP contribution in [-0.4, -0.2) is 42.9 Å². The van der Waals surface area contributed by atoms with Gasteiger partial charge in [-0.3, -0.25) is 14.9 Å². The maximum Gasteiger partial charge on any atom is 0.270 e. The van der Waals surface area contributed by atoms with Crippen LogP contribution in [0.15, 0.2) is 65.5 Å². The molecule has 0 saturated heterocycles. The Bertz CT molecular complexity index is 1440. The molecule has 1 fully saturated rings. The fraction of sp³-hybridized carbons (Fsp3) is 0.280. The first-order valence-corrected chi connectivity index (χ1v) is 12.1. The van der Waals surface area contributed by atoms with Crippen molar-refractivity contribution in [3.05, 3.63) is 87.2 Å². The Morgan fingerprint density at radius 3 is 2.49 bits per heavy atom. The molecule has 0 atom stereocenters. The van der Waals surface area contributed by atoms with Crippen LogP contribution in [0.5, 0.6) is 0 Å². The van der Waals surface area contributed by atoms with Crippen molar-refractivity contribution in [3.63, 3.8) is 0 Å². The number of benzene rings is 2. The lowest BCUT2D eigenvalue weighted by Crippen LogP contribution is -2.41. The lowest BCUT2D eigenvalue weighted by atomic mass is 9.68. The quantitative estimate of drug-likeness (QED) is 0.288. The van der Waals surface area contributed by atoms with Crippen LogP contribution < -0.4 is 16.6 Å². The number of H-pyrrole nitrogens is 1. The molecule has 1 saturated carbocycles. The van der Waals surface area contributed by atoms with Crippen LogP contribution in [0.1, 0.15) is 47.6 Å². The van der Waals surface area contributed by atoms with E-state index in [2.05, 4.69) is 37.1 Å². The van der Waals surface area contributed by atoms with Crippen LogP contribution in [-0.2, 0) is 5.41 Å².